The Morgan fingerprint density at radius 1 is 0.900 bits per heavy atom. The molecular weight excluding hydrogens is 378 g/mol. The fourth-order valence-electron chi connectivity index (χ4n) is 3.31. The molecule has 6 heteroatoms. The summed E-state index contributed by atoms with van der Waals surface area (Å²) in [5, 5.41) is 3.19. The predicted octanol–water partition coefficient (Wildman–Crippen LogP) is 4.14. The average molecular weight is 408 g/mol. The van der Waals surface area contributed by atoms with Crippen molar-refractivity contribution in [2.45, 2.75) is 26.7 Å². The van der Waals surface area contributed by atoms with Gasteiger partial charge in [-0.1, -0.05) is 26.0 Å². The molecule has 0 saturated heterocycles. The zero-order chi connectivity index (χ0) is 21.7. The van der Waals surface area contributed by atoms with E-state index in [-0.39, 0.29) is 11.8 Å². The third-order valence-electron chi connectivity index (χ3n) is 4.88. The Morgan fingerprint density at radius 2 is 1.57 bits per heavy atom. The normalized spacial score (nSPS) is 13.8. The fourth-order valence-corrected chi connectivity index (χ4v) is 3.31. The summed E-state index contributed by atoms with van der Waals surface area (Å²) in [6, 6.07) is 15.1. The van der Waals surface area contributed by atoms with Crippen LogP contribution >= 0.6 is 0 Å². The van der Waals surface area contributed by atoms with Crippen molar-refractivity contribution >= 4 is 28.8 Å². The van der Waals surface area contributed by atoms with Crippen LogP contribution in [-0.2, 0) is 9.59 Å². The van der Waals surface area contributed by atoms with E-state index in [4.69, 9.17) is 4.74 Å². The zero-order valence-electron chi connectivity index (χ0n) is 18.1. The van der Waals surface area contributed by atoms with E-state index in [9.17, 15) is 9.59 Å². The molecule has 0 atom stereocenters. The lowest BCUT2D eigenvalue weighted by Crippen LogP contribution is -2.33. The van der Waals surface area contributed by atoms with Gasteiger partial charge in [0.05, 0.1) is 12.2 Å². The van der Waals surface area contributed by atoms with Crippen molar-refractivity contribution in [2.24, 2.45) is 0 Å². The highest BCUT2D eigenvalue weighted by Gasteiger charge is 2.38. The first kappa shape index (κ1) is 21.4. The van der Waals surface area contributed by atoms with Crippen LogP contribution in [0.3, 0.4) is 0 Å². The molecule has 0 unspecified atom stereocenters. The molecule has 0 saturated carbocycles. The SMILES string of the molecule is CCCOc1ccc(C2=C(Nc3ccc(N(C)C)cc3)C(=O)N(CCC)C2=O)cc1. The molecule has 2 amide bonds. The number of carbonyl (C=O) groups is 2. The lowest BCUT2D eigenvalue weighted by molar-refractivity contribution is -0.136. The number of nitrogens with zero attached hydrogens (tertiary/aromatic N) is 2. The van der Waals surface area contributed by atoms with Gasteiger partial charge >= 0.3 is 0 Å². The minimum Gasteiger partial charge on any atom is -0.494 e. The van der Waals surface area contributed by atoms with E-state index in [0.717, 1.165) is 23.5 Å². The predicted molar refractivity (Wildman–Crippen MR) is 121 cm³/mol. The van der Waals surface area contributed by atoms with Crippen LogP contribution in [0.5, 0.6) is 5.75 Å². The van der Waals surface area contributed by atoms with Gasteiger partial charge in [0.2, 0.25) is 0 Å². The van der Waals surface area contributed by atoms with Crippen molar-refractivity contribution in [3.05, 3.63) is 59.8 Å². The maximum Gasteiger partial charge on any atom is 0.278 e. The van der Waals surface area contributed by atoms with Crippen LogP contribution in [0.25, 0.3) is 5.57 Å². The molecule has 0 fully saturated rings. The first-order valence-electron chi connectivity index (χ1n) is 10.3. The summed E-state index contributed by atoms with van der Waals surface area (Å²) in [5.74, 6) is 0.188. The monoisotopic (exact) mass is 407 g/mol. The Bertz CT molecular complexity index is 931. The van der Waals surface area contributed by atoms with E-state index in [1.807, 2.05) is 81.4 Å². The molecule has 0 spiro atoms. The third-order valence-corrected chi connectivity index (χ3v) is 4.88. The Kier molecular flexibility index (Phi) is 6.77. The molecule has 0 radical (unpaired) electrons. The van der Waals surface area contributed by atoms with Gasteiger partial charge in [-0.25, -0.2) is 0 Å². The van der Waals surface area contributed by atoms with Gasteiger partial charge in [0.1, 0.15) is 11.4 Å². The summed E-state index contributed by atoms with van der Waals surface area (Å²) in [7, 11) is 3.94. The lowest BCUT2D eigenvalue weighted by Gasteiger charge is -2.15. The highest BCUT2D eigenvalue weighted by atomic mass is 16.5. The Morgan fingerprint density at radius 3 is 2.13 bits per heavy atom. The second-order valence-corrected chi connectivity index (χ2v) is 7.45. The van der Waals surface area contributed by atoms with Gasteiger partial charge in [0.15, 0.2) is 0 Å². The van der Waals surface area contributed by atoms with E-state index in [0.29, 0.717) is 36.4 Å². The number of hydrogen-bond acceptors (Lipinski definition) is 5. The Hall–Kier alpha value is -3.28. The molecule has 1 N–H and O–H groups in total. The maximum atomic E-state index is 13.1. The number of nitrogens with one attached hydrogen (secondary N) is 1. The zero-order valence-corrected chi connectivity index (χ0v) is 18.1. The van der Waals surface area contributed by atoms with Gasteiger partial charge in [-0.3, -0.25) is 14.5 Å². The molecule has 0 bridgehead atoms. The number of benzene rings is 2. The van der Waals surface area contributed by atoms with Gasteiger partial charge in [0, 0.05) is 32.0 Å². The number of ether oxygens (including phenoxy) is 1. The van der Waals surface area contributed by atoms with Crippen molar-refractivity contribution in [3.8, 4) is 5.75 Å². The smallest absolute Gasteiger partial charge is 0.278 e. The van der Waals surface area contributed by atoms with Gasteiger partial charge in [-0.15, -0.1) is 0 Å². The van der Waals surface area contributed by atoms with Crippen molar-refractivity contribution in [1.29, 1.82) is 0 Å². The number of imide groups is 1. The molecule has 30 heavy (non-hydrogen) atoms. The van der Waals surface area contributed by atoms with Crippen LogP contribution < -0.4 is 15.0 Å². The topological polar surface area (TPSA) is 61.9 Å². The van der Waals surface area contributed by atoms with Crippen molar-refractivity contribution in [3.63, 3.8) is 0 Å². The van der Waals surface area contributed by atoms with E-state index >= 15 is 0 Å². The summed E-state index contributed by atoms with van der Waals surface area (Å²) in [6.07, 6.45) is 1.63. The van der Waals surface area contributed by atoms with Crippen LogP contribution in [0, 0.1) is 0 Å². The van der Waals surface area contributed by atoms with Crippen LogP contribution in [0.15, 0.2) is 54.2 Å². The highest BCUT2D eigenvalue weighted by molar-refractivity contribution is 6.36. The quantitative estimate of drug-likeness (QED) is 0.633. The lowest BCUT2D eigenvalue weighted by atomic mass is 10.0. The minimum absolute atomic E-state index is 0.267. The summed E-state index contributed by atoms with van der Waals surface area (Å²) < 4.78 is 5.64. The molecule has 158 valence electrons. The van der Waals surface area contributed by atoms with E-state index < -0.39 is 0 Å². The summed E-state index contributed by atoms with van der Waals surface area (Å²) >= 11 is 0. The van der Waals surface area contributed by atoms with Gasteiger partial charge < -0.3 is 15.0 Å². The number of amides is 2. The van der Waals surface area contributed by atoms with Gasteiger partial charge in [0.25, 0.3) is 11.8 Å². The number of rotatable bonds is 9. The molecule has 3 rings (SSSR count). The average Bonchev–Trinajstić information content (AvgIpc) is 2.97. The second-order valence-electron chi connectivity index (χ2n) is 7.45. The van der Waals surface area contributed by atoms with Crippen molar-refractivity contribution < 1.29 is 14.3 Å². The summed E-state index contributed by atoms with van der Waals surface area (Å²) in [5.41, 5.74) is 3.22. The fraction of sp³-hybridized carbons (Fsp3) is 0.333. The Balaban J connectivity index is 1.95. The van der Waals surface area contributed by atoms with Gasteiger partial charge in [-0.2, -0.15) is 0 Å². The number of carbonyl (C=O) groups excluding carboxylic acids is 2. The molecule has 0 aliphatic carbocycles. The molecule has 1 aliphatic rings. The van der Waals surface area contributed by atoms with Crippen molar-refractivity contribution in [2.75, 3.05) is 37.5 Å². The maximum absolute atomic E-state index is 13.1. The van der Waals surface area contributed by atoms with Crippen molar-refractivity contribution in [1.82, 2.24) is 4.90 Å². The minimum atomic E-state index is -0.292. The number of anilines is 2. The van der Waals surface area contributed by atoms with E-state index in [1.165, 1.54) is 4.90 Å². The molecule has 2 aromatic rings. The van der Waals surface area contributed by atoms with Gasteiger partial charge in [-0.05, 0) is 54.8 Å². The molecule has 1 aliphatic heterocycles. The Labute approximate surface area is 178 Å². The molecule has 1 heterocycles. The summed E-state index contributed by atoms with van der Waals surface area (Å²) in [6.45, 7) is 5.03. The van der Waals surface area contributed by atoms with Crippen LogP contribution in [-0.4, -0.2) is 44.0 Å². The second kappa shape index (κ2) is 9.48. The van der Waals surface area contributed by atoms with E-state index in [1.54, 1.807) is 0 Å². The first-order chi connectivity index (χ1) is 14.5. The largest absolute Gasteiger partial charge is 0.494 e. The first-order valence-corrected chi connectivity index (χ1v) is 10.3. The van der Waals surface area contributed by atoms with Crippen LogP contribution in [0.2, 0.25) is 0 Å². The molecule has 2 aromatic carbocycles. The van der Waals surface area contributed by atoms with E-state index in [2.05, 4.69) is 5.32 Å². The summed E-state index contributed by atoms with van der Waals surface area (Å²) in [4.78, 5) is 29.4. The highest BCUT2D eigenvalue weighted by Crippen LogP contribution is 2.32. The molecule has 0 aromatic heterocycles. The number of hydrogen-bond donors (Lipinski definition) is 1. The van der Waals surface area contributed by atoms with Crippen LogP contribution in [0.4, 0.5) is 11.4 Å². The molecule has 6 nitrogen and oxygen atoms in total. The van der Waals surface area contributed by atoms with Crippen LogP contribution in [0.1, 0.15) is 32.3 Å². The standard InChI is InChI=1S/C24H29N3O3/c1-5-15-27-23(28)21(17-7-13-20(14-8-17)30-16-6-2)22(24(27)29)25-18-9-11-19(12-10-18)26(3)4/h7-14,25H,5-6,15-16H2,1-4H3. The third kappa shape index (κ3) is 4.48. The molecular formula is C24H29N3O3.